The molecule has 0 radical (unpaired) electrons. The topological polar surface area (TPSA) is 122 Å². The molecule has 1 atom stereocenters. The number of Topliss-reactive ketones (excluding diaryl/α,β-unsaturated/α-hetero) is 1. The largest absolute Gasteiger partial charge is 0.488 e. The number of nitro benzene ring substituents is 1. The summed E-state index contributed by atoms with van der Waals surface area (Å²) in [6.45, 7) is 4.22. The second-order valence-corrected chi connectivity index (χ2v) is 11.3. The molecular weight excluding hydrogens is 608 g/mol. The summed E-state index contributed by atoms with van der Waals surface area (Å²) in [6, 6.07) is 18.0. The van der Waals surface area contributed by atoms with Crippen molar-refractivity contribution in [1.82, 2.24) is 0 Å². The van der Waals surface area contributed by atoms with Gasteiger partial charge in [-0.05, 0) is 77.5 Å². The van der Waals surface area contributed by atoms with Crippen LogP contribution in [-0.2, 0) is 11.4 Å². The number of non-ortho nitro benzene ring substituents is 1. The highest BCUT2D eigenvalue weighted by molar-refractivity contribution is 9.10. The summed E-state index contributed by atoms with van der Waals surface area (Å²) in [5.74, 6) is 0.121. The number of para-hydroxylation sites is 1. The number of carbonyl (C=O) groups excluding carboxylic acids is 1. The summed E-state index contributed by atoms with van der Waals surface area (Å²) in [5.41, 5.74) is 11.9. The second-order valence-electron chi connectivity index (χ2n) is 10.1. The number of hydrogen-bond donors (Lipinski definition) is 1. The van der Waals surface area contributed by atoms with Crippen LogP contribution in [0.1, 0.15) is 47.4 Å². The maximum Gasteiger partial charge on any atom is 0.271 e. The SMILES string of the molecule is Cc1cc(COc2ccccc2Br)c(C)c(C2C(C#N)=C(N)N(c3ccc([N+](=O)[O-])cc3Cl)C3=C2C(=O)CCC3)c1. The highest BCUT2D eigenvalue weighted by Gasteiger charge is 2.41. The van der Waals surface area contributed by atoms with Crippen molar-refractivity contribution in [3.05, 3.63) is 119 Å². The average Bonchev–Trinajstić information content (AvgIpc) is 2.94. The van der Waals surface area contributed by atoms with Crippen LogP contribution in [0.2, 0.25) is 5.02 Å². The number of rotatable bonds is 6. The molecule has 0 aromatic heterocycles. The van der Waals surface area contributed by atoms with Crippen LogP contribution >= 0.6 is 27.5 Å². The van der Waals surface area contributed by atoms with Gasteiger partial charge in [0.1, 0.15) is 18.2 Å². The Balaban J connectivity index is 1.65. The van der Waals surface area contributed by atoms with Crippen LogP contribution in [0, 0.1) is 35.3 Å². The van der Waals surface area contributed by atoms with Crippen molar-refractivity contribution >= 4 is 44.7 Å². The minimum Gasteiger partial charge on any atom is -0.488 e. The van der Waals surface area contributed by atoms with Gasteiger partial charge in [-0.1, -0.05) is 41.4 Å². The first kappa shape index (κ1) is 28.4. The van der Waals surface area contributed by atoms with Crippen molar-refractivity contribution in [2.24, 2.45) is 5.73 Å². The number of anilines is 1. The molecule has 3 aromatic rings. The van der Waals surface area contributed by atoms with Gasteiger partial charge >= 0.3 is 0 Å². The normalized spacial score (nSPS) is 16.9. The summed E-state index contributed by atoms with van der Waals surface area (Å²) in [4.78, 5) is 26.0. The highest BCUT2D eigenvalue weighted by atomic mass is 79.9. The van der Waals surface area contributed by atoms with Gasteiger partial charge in [0.15, 0.2) is 5.78 Å². The fraction of sp³-hybridized carbons (Fsp3) is 0.226. The first-order chi connectivity index (χ1) is 19.6. The molecule has 0 amide bonds. The van der Waals surface area contributed by atoms with E-state index < -0.39 is 10.8 Å². The van der Waals surface area contributed by atoms with E-state index in [4.69, 9.17) is 22.1 Å². The predicted octanol–water partition coefficient (Wildman–Crippen LogP) is 7.51. The van der Waals surface area contributed by atoms with E-state index in [0.717, 1.165) is 26.7 Å². The highest BCUT2D eigenvalue weighted by Crippen LogP contribution is 2.48. The molecule has 0 spiro atoms. The van der Waals surface area contributed by atoms with E-state index in [9.17, 15) is 20.2 Å². The van der Waals surface area contributed by atoms with E-state index in [1.165, 1.54) is 18.2 Å². The van der Waals surface area contributed by atoms with Crippen LogP contribution in [-0.4, -0.2) is 10.7 Å². The minimum atomic E-state index is -0.669. The van der Waals surface area contributed by atoms with Crippen LogP contribution < -0.4 is 15.4 Å². The van der Waals surface area contributed by atoms with Crippen molar-refractivity contribution in [2.45, 2.75) is 45.6 Å². The molecule has 5 rings (SSSR count). The summed E-state index contributed by atoms with van der Waals surface area (Å²) in [7, 11) is 0. The molecule has 1 aliphatic carbocycles. The fourth-order valence-electron chi connectivity index (χ4n) is 5.59. The average molecular weight is 634 g/mol. The molecule has 8 nitrogen and oxygen atoms in total. The zero-order valence-corrected chi connectivity index (χ0v) is 24.8. The molecule has 3 aromatic carbocycles. The summed E-state index contributed by atoms with van der Waals surface area (Å²) < 4.78 is 6.96. The standard InChI is InChI=1S/C31H26BrClN4O4/c1-17-12-19(16-41-28-9-4-3-6-23(28)32)18(2)21(13-17)29-22(15-34)31(35)36(26-7-5-8-27(38)30(26)29)25-11-10-20(37(39)40)14-24(25)33/h3-4,6,9-14,29H,5,7-8,16,35H2,1-2H3. The minimum absolute atomic E-state index is 0.0635. The molecule has 41 heavy (non-hydrogen) atoms. The number of aryl methyl sites for hydroxylation is 1. The van der Waals surface area contributed by atoms with Crippen molar-refractivity contribution in [3.63, 3.8) is 0 Å². The van der Waals surface area contributed by atoms with Crippen molar-refractivity contribution in [1.29, 1.82) is 5.26 Å². The molecule has 1 heterocycles. The number of halogens is 2. The molecule has 0 fully saturated rings. The van der Waals surface area contributed by atoms with Crippen molar-refractivity contribution in [2.75, 3.05) is 4.90 Å². The number of carbonyl (C=O) groups is 1. The predicted molar refractivity (Wildman–Crippen MR) is 160 cm³/mol. The molecule has 0 bridgehead atoms. The van der Waals surface area contributed by atoms with Gasteiger partial charge in [0.25, 0.3) is 5.69 Å². The zero-order valence-electron chi connectivity index (χ0n) is 22.4. The van der Waals surface area contributed by atoms with Crippen molar-refractivity contribution < 1.29 is 14.5 Å². The number of nitrogens with two attached hydrogens (primary N) is 1. The maximum atomic E-state index is 13.6. The summed E-state index contributed by atoms with van der Waals surface area (Å²) >= 11 is 10.0. The van der Waals surface area contributed by atoms with Crippen LogP contribution in [0.3, 0.4) is 0 Å². The fourth-order valence-corrected chi connectivity index (χ4v) is 6.25. The monoisotopic (exact) mass is 632 g/mol. The third kappa shape index (κ3) is 5.21. The molecular formula is C31H26BrClN4O4. The van der Waals surface area contributed by atoms with Gasteiger partial charge in [0, 0.05) is 29.8 Å². The molecule has 1 aliphatic heterocycles. The van der Waals surface area contributed by atoms with Crippen LogP contribution in [0.5, 0.6) is 5.75 Å². The van der Waals surface area contributed by atoms with Gasteiger partial charge in [-0.2, -0.15) is 5.26 Å². The Morgan fingerprint density at radius 1 is 1.20 bits per heavy atom. The van der Waals surface area contributed by atoms with Crippen LogP contribution in [0.25, 0.3) is 0 Å². The molecule has 2 aliphatic rings. The third-order valence-electron chi connectivity index (χ3n) is 7.53. The smallest absolute Gasteiger partial charge is 0.271 e. The lowest BCUT2D eigenvalue weighted by Gasteiger charge is -2.40. The van der Waals surface area contributed by atoms with Gasteiger partial charge < -0.3 is 10.5 Å². The Bertz CT molecular complexity index is 1710. The Morgan fingerprint density at radius 2 is 1.95 bits per heavy atom. The molecule has 208 valence electrons. The number of nitrogens with zero attached hydrogens (tertiary/aromatic N) is 3. The van der Waals surface area contributed by atoms with E-state index >= 15 is 0 Å². The van der Waals surface area contributed by atoms with Crippen LogP contribution in [0.15, 0.2) is 81.7 Å². The zero-order chi connectivity index (χ0) is 29.4. The Labute approximate surface area is 250 Å². The quantitative estimate of drug-likeness (QED) is 0.220. The number of benzene rings is 3. The molecule has 2 N–H and O–H groups in total. The van der Waals surface area contributed by atoms with Gasteiger partial charge in [-0.25, -0.2) is 0 Å². The summed E-state index contributed by atoms with van der Waals surface area (Å²) in [5, 5.41) is 21.8. The lowest BCUT2D eigenvalue weighted by molar-refractivity contribution is -0.384. The van der Waals surface area contributed by atoms with E-state index in [-0.39, 0.29) is 27.9 Å². The van der Waals surface area contributed by atoms with E-state index in [1.807, 2.05) is 50.2 Å². The Morgan fingerprint density at radius 3 is 2.63 bits per heavy atom. The van der Waals surface area contributed by atoms with E-state index in [1.54, 1.807) is 4.90 Å². The van der Waals surface area contributed by atoms with E-state index in [0.29, 0.717) is 48.6 Å². The molecule has 0 saturated carbocycles. The number of allylic oxidation sites excluding steroid dienone is 3. The molecule has 10 heteroatoms. The summed E-state index contributed by atoms with van der Waals surface area (Å²) in [6.07, 6.45) is 1.49. The second kappa shape index (κ2) is 11.4. The molecule has 0 saturated heterocycles. The van der Waals surface area contributed by atoms with Crippen molar-refractivity contribution in [3.8, 4) is 11.8 Å². The van der Waals surface area contributed by atoms with Crippen LogP contribution in [0.4, 0.5) is 11.4 Å². The van der Waals surface area contributed by atoms with Gasteiger partial charge in [0.05, 0.1) is 37.7 Å². The Kier molecular flexibility index (Phi) is 7.89. The molecule has 1 unspecified atom stereocenters. The number of ether oxygens (including phenoxy) is 1. The number of nitro groups is 1. The third-order valence-corrected chi connectivity index (χ3v) is 8.48. The lowest BCUT2D eigenvalue weighted by atomic mass is 9.73. The Hall–Kier alpha value is -4.13. The van der Waals surface area contributed by atoms with E-state index in [2.05, 4.69) is 22.0 Å². The maximum absolute atomic E-state index is 13.6. The lowest BCUT2D eigenvalue weighted by Crippen LogP contribution is -2.39. The number of nitriles is 1. The number of hydrogen-bond acceptors (Lipinski definition) is 7. The van der Waals surface area contributed by atoms with Gasteiger partial charge in [-0.3, -0.25) is 19.8 Å². The number of ketones is 1. The first-order valence-electron chi connectivity index (χ1n) is 13.0. The van der Waals surface area contributed by atoms with Gasteiger partial charge in [-0.15, -0.1) is 0 Å². The van der Waals surface area contributed by atoms with Gasteiger partial charge in [0.2, 0.25) is 0 Å². The first-order valence-corrected chi connectivity index (χ1v) is 14.2.